The number of carbonyl (C=O) groups excluding carboxylic acids is 2. The van der Waals surface area contributed by atoms with Crippen molar-refractivity contribution in [3.05, 3.63) is 58.4 Å². The molecule has 0 spiro atoms. The Morgan fingerprint density at radius 3 is 2.50 bits per heavy atom. The lowest BCUT2D eigenvalue weighted by Gasteiger charge is -2.34. The van der Waals surface area contributed by atoms with Gasteiger partial charge in [-0.15, -0.1) is 11.3 Å². The van der Waals surface area contributed by atoms with Crippen LogP contribution in [0.15, 0.2) is 35.7 Å². The summed E-state index contributed by atoms with van der Waals surface area (Å²) in [7, 11) is 0. The zero-order valence-electron chi connectivity index (χ0n) is 19.0. The number of carbonyl (C=O) groups is 2. The Morgan fingerprint density at radius 2 is 1.81 bits per heavy atom. The van der Waals surface area contributed by atoms with Crippen LogP contribution in [0.25, 0.3) is 5.69 Å². The number of rotatable bonds is 6. The Morgan fingerprint density at radius 1 is 1.12 bits per heavy atom. The molecule has 2 atom stereocenters. The van der Waals surface area contributed by atoms with Crippen molar-refractivity contribution >= 4 is 28.2 Å². The molecular formula is C24H29N5O2S. The number of aromatic nitrogens is 3. The molecule has 2 aromatic heterocycles. The second-order valence-electron chi connectivity index (χ2n) is 8.86. The lowest BCUT2D eigenvalue weighted by molar-refractivity contribution is -0.112. The molecule has 8 heteroatoms. The van der Waals surface area contributed by atoms with Gasteiger partial charge in [-0.25, -0.2) is 9.67 Å². The van der Waals surface area contributed by atoms with E-state index >= 15 is 0 Å². The fraction of sp³-hybridized carbons (Fsp3) is 0.417. The van der Waals surface area contributed by atoms with Crippen LogP contribution in [0.5, 0.6) is 0 Å². The van der Waals surface area contributed by atoms with Crippen molar-refractivity contribution in [1.29, 1.82) is 0 Å². The summed E-state index contributed by atoms with van der Waals surface area (Å²) in [5, 5.41) is 9.55. The lowest BCUT2D eigenvalue weighted by Crippen LogP contribution is -2.38. The second-order valence-corrected chi connectivity index (χ2v) is 9.72. The van der Waals surface area contributed by atoms with Gasteiger partial charge < -0.3 is 0 Å². The Hall–Kier alpha value is -2.84. The molecular weight excluding hydrogens is 422 g/mol. The first-order valence-electron chi connectivity index (χ1n) is 11.0. The van der Waals surface area contributed by atoms with Gasteiger partial charge in [0.25, 0.3) is 11.7 Å². The fourth-order valence-electron chi connectivity index (χ4n) is 4.65. The largest absolute Gasteiger partial charge is 0.298 e. The smallest absolute Gasteiger partial charge is 0.297 e. The van der Waals surface area contributed by atoms with E-state index in [1.165, 1.54) is 17.8 Å². The number of benzene rings is 1. The van der Waals surface area contributed by atoms with Gasteiger partial charge in [-0.05, 0) is 44.2 Å². The van der Waals surface area contributed by atoms with Crippen LogP contribution in [0.3, 0.4) is 0 Å². The van der Waals surface area contributed by atoms with Crippen LogP contribution >= 0.6 is 11.3 Å². The lowest BCUT2D eigenvalue weighted by atomic mass is 9.92. The minimum Gasteiger partial charge on any atom is -0.297 e. The molecule has 1 aromatic carbocycles. The molecule has 1 aliphatic rings. The van der Waals surface area contributed by atoms with Crippen molar-refractivity contribution in [2.45, 2.75) is 40.7 Å². The van der Waals surface area contributed by atoms with Crippen molar-refractivity contribution in [2.24, 2.45) is 11.8 Å². The minimum atomic E-state index is -0.690. The Kier molecular flexibility index (Phi) is 6.53. The molecule has 1 fully saturated rings. The van der Waals surface area contributed by atoms with E-state index in [1.54, 1.807) is 18.5 Å². The topological polar surface area (TPSA) is 80.1 Å². The van der Waals surface area contributed by atoms with E-state index in [2.05, 4.69) is 34.1 Å². The summed E-state index contributed by atoms with van der Waals surface area (Å²) in [6, 6.07) is 9.56. The maximum Gasteiger partial charge on any atom is 0.298 e. The third-order valence-corrected chi connectivity index (χ3v) is 6.63. The summed E-state index contributed by atoms with van der Waals surface area (Å²) >= 11 is 1.35. The molecule has 3 heterocycles. The van der Waals surface area contributed by atoms with Gasteiger partial charge in [-0.2, -0.15) is 5.10 Å². The Labute approximate surface area is 192 Å². The highest BCUT2D eigenvalue weighted by Gasteiger charge is 2.26. The second kappa shape index (κ2) is 9.34. The monoisotopic (exact) mass is 451 g/mol. The molecule has 32 heavy (non-hydrogen) atoms. The number of anilines is 1. The number of amides is 1. The number of hydrogen-bond acceptors (Lipinski definition) is 6. The van der Waals surface area contributed by atoms with Crippen molar-refractivity contribution < 1.29 is 9.59 Å². The number of ketones is 1. The van der Waals surface area contributed by atoms with Gasteiger partial charge in [0.05, 0.1) is 28.3 Å². The third kappa shape index (κ3) is 4.81. The van der Waals surface area contributed by atoms with Gasteiger partial charge >= 0.3 is 0 Å². The van der Waals surface area contributed by atoms with E-state index in [0.717, 1.165) is 31.0 Å². The normalized spacial score (nSPS) is 19.1. The zero-order chi connectivity index (χ0) is 22.8. The number of nitrogens with one attached hydrogen (secondary N) is 1. The average molecular weight is 452 g/mol. The number of hydrogen-bond donors (Lipinski definition) is 1. The quantitative estimate of drug-likeness (QED) is 0.448. The number of nitrogens with zero attached hydrogens (tertiary/aromatic N) is 4. The molecule has 0 saturated carbocycles. The maximum absolute atomic E-state index is 12.9. The van der Waals surface area contributed by atoms with E-state index in [4.69, 9.17) is 0 Å². The zero-order valence-corrected chi connectivity index (χ0v) is 19.8. The summed E-state index contributed by atoms with van der Waals surface area (Å²) in [6.07, 6.45) is 1.26. The average Bonchev–Trinajstić information content (AvgIpc) is 3.30. The summed E-state index contributed by atoms with van der Waals surface area (Å²) in [5.74, 6) is 0.0671. The molecule has 168 valence electrons. The molecule has 1 aliphatic heterocycles. The van der Waals surface area contributed by atoms with Crippen molar-refractivity contribution in [3.8, 4) is 5.69 Å². The van der Waals surface area contributed by atoms with E-state index in [1.807, 2.05) is 35.7 Å². The predicted molar refractivity (Wildman–Crippen MR) is 126 cm³/mol. The maximum atomic E-state index is 12.9. The Balaban J connectivity index is 1.44. The standard InChI is InChI=1S/C24H29N5O2S/c1-15-10-16(2)12-28(11-15)13-19-14-32-24(25-19)26-23(31)22(30)21-17(3)27-29(18(21)4)20-8-6-5-7-9-20/h5-9,14-16H,10-13H2,1-4H3,(H,25,26,31)/t15-,16-/m0/s1. The molecule has 1 amide bonds. The summed E-state index contributed by atoms with van der Waals surface area (Å²) in [4.78, 5) is 32.6. The van der Waals surface area contributed by atoms with Crippen LogP contribution in [0.1, 0.15) is 47.7 Å². The van der Waals surface area contributed by atoms with Gasteiger partial charge in [0.1, 0.15) is 0 Å². The highest BCUT2D eigenvalue weighted by atomic mass is 32.1. The molecule has 1 N–H and O–H groups in total. The number of aryl methyl sites for hydroxylation is 1. The van der Waals surface area contributed by atoms with Crippen LogP contribution in [0, 0.1) is 25.7 Å². The highest BCUT2D eigenvalue weighted by molar-refractivity contribution is 7.14. The van der Waals surface area contributed by atoms with Crippen LogP contribution in [0.2, 0.25) is 0 Å². The number of likely N-dealkylation sites (tertiary alicyclic amines) is 1. The molecule has 0 bridgehead atoms. The van der Waals surface area contributed by atoms with Crippen LogP contribution in [0.4, 0.5) is 5.13 Å². The molecule has 3 aromatic rings. The van der Waals surface area contributed by atoms with Gasteiger partial charge in [-0.3, -0.25) is 19.8 Å². The van der Waals surface area contributed by atoms with Gasteiger partial charge in [0, 0.05) is 25.0 Å². The minimum absolute atomic E-state index is 0.333. The van der Waals surface area contributed by atoms with E-state index < -0.39 is 11.7 Å². The molecule has 7 nitrogen and oxygen atoms in total. The molecule has 4 rings (SSSR count). The van der Waals surface area contributed by atoms with Crippen LogP contribution in [-0.4, -0.2) is 44.4 Å². The summed E-state index contributed by atoms with van der Waals surface area (Å²) < 4.78 is 1.69. The van der Waals surface area contributed by atoms with Gasteiger partial charge in [0.15, 0.2) is 5.13 Å². The molecule has 0 aliphatic carbocycles. The van der Waals surface area contributed by atoms with Crippen molar-refractivity contribution in [3.63, 3.8) is 0 Å². The first kappa shape index (κ1) is 22.4. The summed E-state index contributed by atoms with van der Waals surface area (Å²) in [6.45, 7) is 11.0. The van der Waals surface area contributed by atoms with Gasteiger partial charge in [-0.1, -0.05) is 32.0 Å². The highest BCUT2D eigenvalue weighted by Crippen LogP contribution is 2.24. The molecule has 0 unspecified atom stereocenters. The first-order chi connectivity index (χ1) is 15.3. The van der Waals surface area contributed by atoms with Crippen LogP contribution < -0.4 is 5.32 Å². The number of piperidine rings is 1. The van der Waals surface area contributed by atoms with Gasteiger partial charge in [0.2, 0.25) is 0 Å². The number of thiazole rings is 1. The van der Waals surface area contributed by atoms with Crippen molar-refractivity contribution in [1.82, 2.24) is 19.7 Å². The van der Waals surface area contributed by atoms with Crippen LogP contribution in [-0.2, 0) is 11.3 Å². The van der Waals surface area contributed by atoms with Crippen molar-refractivity contribution in [2.75, 3.05) is 18.4 Å². The fourth-order valence-corrected chi connectivity index (χ4v) is 5.34. The SMILES string of the molecule is Cc1nn(-c2ccccc2)c(C)c1C(=O)C(=O)Nc1nc(CN2C[C@@H](C)C[C@H](C)C2)cs1. The number of Topliss-reactive ketones (excluding diaryl/α,β-unsaturated/α-hetero) is 1. The summed E-state index contributed by atoms with van der Waals surface area (Å²) in [5.41, 5.74) is 3.27. The molecule has 0 radical (unpaired) electrons. The number of para-hydroxylation sites is 1. The third-order valence-electron chi connectivity index (χ3n) is 5.83. The Bertz CT molecular complexity index is 1110. The van der Waals surface area contributed by atoms with E-state index in [0.29, 0.717) is 33.9 Å². The first-order valence-corrected chi connectivity index (χ1v) is 11.8. The van der Waals surface area contributed by atoms with E-state index in [9.17, 15) is 9.59 Å². The molecule has 1 saturated heterocycles. The van der Waals surface area contributed by atoms with E-state index in [-0.39, 0.29) is 0 Å². The predicted octanol–water partition coefficient (Wildman–Crippen LogP) is 4.24.